The zero-order chi connectivity index (χ0) is 19.9. The minimum Gasteiger partial charge on any atom is -0.488 e. The molecule has 0 unspecified atom stereocenters. The zero-order valence-corrected chi connectivity index (χ0v) is 17.9. The highest BCUT2D eigenvalue weighted by molar-refractivity contribution is 14.1. The molecule has 2 aromatic carbocycles. The van der Waals surface area contributed by atoms with Crippen molar-refractivity contribution in [3.63, 3.8) is 0 Å². The van der Waals surface area contributed by atoms with Crippen molar-refractivity contribution >= 4 is 46.3 Å². The first-order valence-corrected chi connectivity index (χ1v) is 9.90. The van der Waals surface area contributed by atoms with Gasteiger partial charge in [-0.15, -0.1) is 0 Å². The molecule has 0 saturated carbocycles. The van der Waals surface area contributed by atoms with E-state index in [1.54, 1.807) is 18.3 Å². The van der Waals surface area contributed by atoms with Crippen LogP contribution in [-0.4, -0.2) is 17.1 Å². The number of pyridine rings is 1. The number of rotatable bonds is 6. The van der Waals surface area contributed by atoms with Crippen LogP contribution in [0.3, 0.4) is 0 Å². The Morgan fingerprint density at radius 3 is 2.86 bits per heavy atom. The van der Waals surface area contributed by atoms with Gasteiger partial charge in [-0.05, 0) is 71.0 Å². The largest absolute Gasteiger partial charge is 0.488 e. The molecule has 1 N–H and O–H groups in total. The maximum Gasteiger partial charge on any atom is 0.274 e. The Balaban J connectivity index is 1.60. The number of hydrazone groups is 1. The number of carbonyl (C=O) groups is 1. The van der Waals surface area contributed by atoms with Crippen LogP contribution in [0.5, 0.6) is 5.75 Å². The van der Waals surface area contributed by atoms with E-state index in [2.05, 4.69) is 57.2 Å². The molecule has 1 heterocycles. The number of halogens is 2. The lowest BCUT2D eigenvalue weighted by Gasteiger charge is -2.09. The highest BCUT2D eigenvalue weighted by atomic mass is 127. The number of benzene rings is 2. The first-order valence-electron chi connectivity index (χ1n) is 8.45. The minimum atomic E-state index is -0.415. The molecule has 0 bridgehead atoms. The van der Waals surface area contributed by atoms with Gasteiger partial charge in [-0.25, -0.2) is 10.4 Å². The van der Waals surface area contributed by atoms with Gasteiger partial charge in [0, 0.05) is 6.20 Å². The summed E-state index contributed by atoms with van der Waals surface area (Å²) in [4.78, 5) is 15.9. The van der Waals surface area contributed by atoms with Crippen molar-refractivity contribution in [2.45, 2.75) is 13.5 Å². The van der Waals surface area contributed by atoms with Gasteiger partial charge in [-0.1, -0.05) is 41.4 Å². The third-order valence-electron chi connectivity index (χ3n) is 3.82. The van der Waals surface area contributed by atoms with E-state index < -0.39 is 5.91 Å². The second-order valence-electron chi connectivity index (χ2n) is 6.01. The summed E-state index contributed by atoms with van der Waals surface area (Å²) in [5, 5.41) is 4.12. The van der Waals surface area contributed by atoms with Crippen LogP contribution < -0.4 is 10.2 Å². The summed E-state index contributed by atoms with van der Waals surface area (Å²) < 4.78 is 6.86. The minimum absolute atomic E-state index is 0.139. The predicted octanol–water partition coefficient (Wildman–Crippen LogP) is 4.99. The number of nitrogens with one attached hydrogen (secondary N) is 1. The Morgan fingerprint density at radius 2 is 2.11 bits per heavy atom. The maximum absolute atomic E-state index is 12.0. The number of ether oxygens (including phenoxy) is 1. The number of hydrogen-bond donors (Lipinski definition) is 1. The second kappa shape index (κ2) is 9.66. The molecule has 3 aromatic rings. The molecule has 28 heavy (non-hydrogen) atoms. The molecule has 0 aliphatic heterocycles. The lowest BCUT2D eigenvalue weighted by molar-refractivity contribution is 0.0955. The van der Waals surface area contributed by atoms with Crippen LogP contribution in [0.2, 0.25) is 5.15 Å². The number of amides is 1. The van der Waals surface area contributed by atoms with Gasteiger partial charge >= 0.3 is 0 Å². The fraction of sp³-hybridized carbons (Fsp3) is 0.0952. The quantitative estimate of drug-likeness (QED) is 0.222. The lowest BCUT2D eigenvalue weighted by Crippen LogP contribution is -2.18. The van der Waals surface area contributed by atoms with E-state index in [0.717, 1.165) is 20.4 Å². The summed E-state index contributed by atoms with van der Waals surface area (Å²) in [5.41, 5.74) is 5.89. The average Bonchev–Trinajstić information content (AvgIpc) is 2.67. The van der Waals surface area contributed by atoms with Crippen molar-refractivity contribution in [2.75, 3.05) is 0 Å². The number of carbonyl (C=O) groups excluding carboxylic acids is 1. The van der Waals surface area contributed by atoms with Crippen LogP contribution in [0.1, 0.15) is 27.0 Å². The Bertz CT molecular complexity index is 1020. The third-order valence-corrected chi connectivity index (χ3v) is 4.96. The molecule has 1 aromatic heterocycles. The van der Waals surface area contributed by atoms with E-state index >= 15 is 0 Å². The van der Waals surface area contributed by atoms with Crippen LogP contribution in [0.25, 0.3) is 0 Å². The van der Waals surface area contributed by atoms with Crippen LogP contribution in [-0.2, 0) is 6.61 Å². The number of nitrogens with zero attached hydrogens (tertiary/aromatic N) is 2. The van der Waals surface area contributed by atoms with E-state index in [1.165, 1.54) is 11.8 Å². The Hall–Kier alpha value is -2.45. The van der Waals surface area contributed by atoms with Crippen LogP contribution in [0, 0.1) is 10.5 Å². The van der Waals surface area contributed by atoms with Gasteiger partial charge in [0.15, 0.2) is 0 Å². The van der Waals surface area contributed by atoms with Crippen molar-refractivity contribution in [1.82, 2.24) is 10.4 Å². The smallest absolute Gasteiger partial charge is 0.274 e. The summed E-state index contributed by atoms with van der Waals surface area (Å²) in [7, 11) is 0. The SMILES string of the molecule is Cc1cccc(COc2ccc(C=NNC(=O)c3cccnc3Cl)cc2I)c1. The third kappa shape index (κ3) is 5.53. The monoisotopic (exact) mass is 505 g/mol. The number of hydrogen-bond acceptors (Lipinski definition) is 4. The molecule has 7 heteroatoms. The molecule has 0 atom stereocenters. The zero-order valence-electron chi connectivity index (χ0n) is 15.0. The molecule has 1 amide bonds. The van der Waals surface area contributed by atoms with Crippen molar-refractivity contribution < 1.29 is 9.53 Å². The molecule has 0 saturated heterocycles. The highest BCUT2D eigenvalue weighted by Crippen LogP contribution is 2.23. The van der Waals surface area contributed by atoms with Crippen molar-refractivity contribution in [3.05, 3.63) is 91.8 Å². The second-order valence-corrected chi connectivity index (χ2v) is 7.53. The standard InChI is InChI=1S/C21H17ClIN3O2/c1-14-4-2-5-16(10-14)13-28-19-8-7-15(11-18(19)23)12-25-26-21(27)17-6-3-9-24-20(17)22/h2-12H,13H2,1H3,(H,26,27). The van der Waals surface area contributed by atoms with Gasteiger partial charge in [-0.2, -0.15) is 5.10 Å². The Kier molecular flexibility index (Phi) is 7.00. The number of aromatic nitrogens is 1. The molecule has 0 radical (unpaired) electrons. The van der Waals surface area contributed by atoms with Gasteiger partial charge in [0.1, 0.15) is 17.5 Å². The molecular weight excluding hydrogens is 489 g/mol. The molecule has 0 spiro atoms. The summed E-state index contributed by atoms with van der Waals surface area (Å²) in [5.74, 6) is 0.382. The summed E-state index contributed by atoms with van der Waals surface area (Å²) in [6, 6.07) is 17.1. The van der Waals surface area contributed by atoms with E-state index in [1.807, 2.05) is 30.3 Å². The van der Waals surface area contributed by atoms with Crippen LogP contribution >= 0.6 is 34.2 Å². The van der Waals surface area contributed by atoms with E-state index in [-0.39, 0.29) is 10.7 Å². The molecular formula is C21H17ClIN3O2. The molecule has 5 nitrogen and oxygen atoms in total. The fourth-order valence-electron chi connectivity index (χ4n) is 2.46. The Morgan fingerprint density at radius 1 is 1.25 bits per heavy atom. The van der Waals surface area contributed by atoms with Gasteiger partial charge in [-0.3, -0.25) is 4.79 Å². The molecule has 0 fully saturated rings. The van der Waals surface area contributed by atoms with Crippen molar-refractivity contribution in [3.8, 4) is 5.75 Å². The first-order chi connectivity index (χ1) is 13.5. The van der Waals surface area contributed by atoms with Crippen LogP contribution in [0.4, 0.5) is 0 Å². The van der Waals surface area contributed by atoms with E-state index in [4.69, 9.17) is 16.3 Å². The highest BCUT2D eigenvalue weighted by Gasteiger charge is 2.09. The number of aryl methyl sites for hydroxylation is 1. The average molecular weight is 506 g/mol. The Labute approximate surface area is 181 Å². The summed E-state index contributed by atoms with van der Waals surface area (Å²) in [6.07, 6.45) is 3.08. The van der Waals surface area contributed by atoms with Gasteiger partial charge in [0.25, 0.3) is 5.91 Å². The van der Waals surface area contributed by atoms with Gasteiger partial charge in [0.05, 0.1) is 15.3 Å². The first kappa shape index (κ1) is 20.3. The van der Waals surface area contributed by atoms with Crippen molar-refractivity contribution in [1.29, 1.82) is 0 Å². The maximum atomic E-state index is 12.0. The van der Waals surface area contributed by atoms with Crippen LogP contribution in [0.15, 0.2) is 65.9 Å². The van der Waals surface area contributed by atoms with Crippen molar-refractivity contribution in [2.24, 2.45) is 5.10 Å². The topological polar surface area (TPSA) is 63.6 Å². The summed E-state index contributed by atoms with van der Waals surface area (Å²) in [6.45, 7) is 2.56. The molecule has 3 rings (SSSR count). The van der Waals surface area contributed by atoms with E-state index in [9.17, 15) is 4.79 Å². The normalized spacial score (nSPS) is 10.8. The lowest BCUT2D eigenvalue weighted by atomic mass is 10.1. The molecule has 0 aliphatic carbocycles. The predicted molar refractivity (Wildman–Crippen MR) is 119 cm³/mol. The van der Waals surface area contributed by atoms with Gasteiger partial charge < -0.3 is 4.74 Å². The molecule has 0 aliphatic rings. The van der Waals surface area contributed by atoms with E-state index in [0.29, 0.717) is 6.61 Å². The van der Waals surface area contributed by atoms with Gasteiger partial charge in [0.2, 0.25) is 0 Å². The molecule has 142 valence electrons. The summed E-state index contributed by atoms with van der Waals surface area (Å²) >= 11 is 8.11. The fourth-order valence-corrected chi connectivity index (χ4v) is 3.36.